The fourth-order valence-corrected chi connectivity index (χ4v) is 5.12. The molecule has 2 aromatic carbocycles. The summed E-state index contributed by atoms with van der Waals surface area (Å²) in [6, 6.07) is 9.98. The Balaban J connectivity index is 1.35. The molecule has 0 saturated carbocycles. The second-order valence-electron chi connectivity index (χ2n) is 9.62. The van der Waals surface area contributed by atoms with E-state index in [1.807, 2.05) is 35.2 Å². The molecule has 1 aromatic heterocycles. The molecule has 1 saturated heterocycles. The average Bonchev–Trinajstić information content (AvgIpc) is 3.16. The summed E-state index contributed by atoms with van der Waals surface area (Å²) in [5, 5.41) is 16.1. The molecule has 0 amide bonds. The fourth-order valence-electron chi connectivity index (χ4n) is 4.98. The molecule has 5 rings (SSSR count). The molecule has 0 atom stereocenters. The second kappa shape index (κ2) is 12.6. The van der Waals surface area contributed by atoms with Crippen LogP contribution < -0.4 is 25.0 Å². The van der Waals surface area contributed by atoms with E-state index in [0.29, 0.717) is 60.3 Å². The summed E-state index contributed by atoms with van der Waals surface area (Å²) >= 11 is 6.47. The van der Waals surface area contributed by atoms with Gasteiger partial charge < -0.3 is 34.9 Å². The topological polar surface area (TPSA) is 121 Å². The highest BCUT2D eigenvalue weighted by Crippen LogP contribution is 2.35. The molecule has 40 heavy (non-hydrogen) atoms. The molecule has 2 aliphatic heterocycles. The zero-order valence-corrected chi connectivity index (χ0v) is 23.3. The van der Waals surface area contributed by atoms with Crippen LogP contribution in [0.5, 0.6) is 11.5 Å². The highest BCUT2D eigenvalue weighted by molar-refractivity contribution is 6.33. The van der Waals surface area contributed by atoms with E-state index < -0.39 is 5.97 Å². The average molecular weight is 569 g/mol. The zero-order chi connectivity index (χ0) is 28.1. The van der Waals surface area contributed by atoms with Crippen LogP contribution in [0.4, 0.5) is 28.8 Å². The number of benzene rings is 2. The maximum absolute atomic E-state index is 11.2. The quantitative estimate of drug-likeness (QED) is 0.348. The maximum Gasteiger partial charge on any atom is 0.317 e. The van der Waals surface area contributed by atoms with Crippen molar-refractivity contribution in [2.45, 2.75) is 12.8 Å². The molecule has 1 fully saturated rings. The lowest BCUT2D eigenvalue weighted by Gasteiger charge is -2.29. The molecule has 0 radical (unpaired) electrons. The van der Waals surface area contributed by atoms with Gasteiger partial charge in [-0.3, -0.25) is 9.69 Å². The summed E-state index contributed by atoms with van der Waals surface area (Å²) < 4.78 is 16.8. The van der Waals surface area contributed by atoms with Crippen LogP contribution in [0.15, 0.2) is 36.5 Å². The normalized spacial score (nSPS) is 15.6. The summed E-state index contributed by atoms with van der Waals surface area (Å²) in [6.45, 7) is 4.44. The highest BCUT2D eigenvalue weighted by Gasteiger charge is 2.20. The van der Waals surface area contributed by atoms with Crippen molar-refractivity contribution in [3.63, 3.8) is 0 Å². The molecule has 0 bridgehead atoms. The van der Waals surface area contributed by atoms with Crippen LogP contribution in [0, 0.1) is 0 Å². The Morgan fingerprint density at radius 2 is 1.70 bits per heavy atom. The van der Waals surface area contributed by atoms with Crippen molar-refractivity contribution in [1.82, 2.24) is 14.9 Å². The first kappa shape index (κ1) is 27.8. The number of nitrogens with one attached hydrogen (secondary N) is 2. The number of hydrogen-bond donors (Lipinski definition) is 3. The highest BCUT2D eigenvalue weighted by atomic mass is 35.5. The van der Waals surface area contributed by atoms with Crippen molar-refractivity contribution in [3.8, 4) is 11.5 Å². The molecule has 3 aromatic rings. The monoisotopic (exact) mass is 568 g/mol. The third-order valence-corrected chi connectivity index (χ3v) is 7.36. The van der Waals surface area contributed by atoms with Crippen LogP contribution >= 0.6 is 11.6 Å². The predicted molar refractivity (Wildman–Crippen MR) is 154 cm³/mol. The molecule has 2 aliphatic rings. The number of anilines is 5. The van der Waals surface area contributed by atoms with E-state index in [1.54, 1.807) is 14.2 Å². The van der Waals surface area contributed by atoms with Crippen molar-refractivity contribution in [1.29, 1.82) is 0 Å². The van der Waals surface area contributed by atoms with Gasteiger partial charge in [0.1, 0.15) is 16.5 Å². The maximum atomic E-state index is 11.2. The largest absolute Gasteiger partial charge is 0.495 e. The molecular weight excluding hydrogens is 536 g/mol. The minimum Gasteiger partial charge on any atom is -0.495 e. The molecule has 11 nitrogen and oxygen atoms in total. The number of carboxylic acids is 1. The summed E-state index contributed by atoms with van der Waals surface area (Å²) in [6.07, 6.45) is 3.01. The molecule has 0 aliphatic carbocycles. The van der Waals surface area contributed by atoms with Gasteiger partial charge in [0.05, 0.1) is 51.5 Å². The molecule has 0 spiro atoms. The Hall–Kier alpha value is -3.80. The van der Waals surface area contributed by atoms with Crippen molar-refractivity contribution in [2.24, 2.45) is 0 Å². The van der Waals surface area contributed by atoms with E-state index in [0.717, 1.165) is 48.4 Å². The number of carbonyl (C=O) groups is 1. The predicted octanol–water partition coefficient (Wildman–Crippen LogP) is 3.96. The number of methoxy groups -OCH3 is 2. The Morgan fingerprint density at radius 1 is 1.00 bits per heavy atom. The minimum absolute atomic E-state index is 0.0331. The number of aromatic nitrogens is 2. The number of halogens is 1. The number of nitrogens with zero attached hydrogens (tertiary/aromatic N) is 4. The first-order valence-electron chi connectivity index (χ1n) is 13.1. The third-order valence-electron chi connectivity index (χ3n) is 7.08. The standard InChI is InChI=1S/C28H33ClN6O5/c1-38-24-14-19-6-8-34(17-26(36)37)7-5-18(19)13-23(24)32-28-30-16-21(29)27(33-28)31-22-4-3-20(15-25(22)39-2)35-9-11-40-12-10-35/h3-4,13-16H,5-12,17H2,1-2H3,(H,36,37)(H2,30,31,32,33). The number of aliphatic carboxylic acids is 1. The minimum atomic E-state index is -0.819. The smallest absolute Gasteiger partial charge is 0.317 e. The van der Waals surface area contributed by atoms with E-state index in [9.17, 15) is 9.90 Å². The summed E-state index contributed by atoms with van der Waals surface area (Å²) in [4.78, 5) is 24.4. The lowest BCUT2D eigenvalue weighted by molar-refractivity contribution is -0.138. The van der Waals surface area contributed by atoms with Gasteiger partial charge in [-0.2, -0.15) is 4.98 Å². The van der Waals surface area contributed by atoms with Gasteiger partial charge in [0.2, 0.25) is 5.95 Å². The first-order chi connectivity index (χ1) is 19.4. The SMILES string of the molecule is COc1cc2c(cc1Nc1ncc(Cl)c(Nc3ccc(N4CCOCC4)cc3OC)n1)CCN(CC(=O)O)CC2. The van der Waals surface area contributed by atoms with Gasteiger partial charge in [-0.15, -0.1) is 0 Å². The van der Waals surface area contributed by atoms with Gasteiger partial charge >= 0.3 is 5.97 Å². The van der Waals surface area contributed by atoms with E-state index in [-0.39, 0.29) is 6.54 Å². The van der Waals surface area contributed by atoms with Crippen LogP contribution in [0.2, 0.25) is 5.02 Å². The third kappa shape index (κ3) is 6.49. The van der Waals surface area contributed by atoms with Crippen molar-refractivity contribution in [3.05, 3.63) is 52.7 Å². The Kier molecular flexibility index (Phi) is 8.73. The molecule has 3 N–H and O–H groups in total. The Labute approximate surface area is 238 Å². The molecule has 12 heteroatoms. The van der Waals surface area contributed by atoms with Crippen LogP contribution in [0.3, 0.4) is 0 Å². The van der Waals surface area contributed by atoms with Gasteiger partial charge in [-0.05, 0) is 48.2 Å². The summed E-state index contributed by atoms with van der Waals surface area (Å²) in [7, 11) is 3.24. The number of fused-ring (bicyclic) bond motifs is 1. The lowest BCUT2D eigenvalue weighted by atomic mass is 10.0. The first-order valence-corrected chi connectivity index (χ1v) is 13.5. The number of carboxylic acid groups (broad SMARTS) is 1. The number of morpholine rings is 1. The van der Waals surface area contributed by atoms with Gasteiger partial charge in [0.15, 0.2) is 5.82 Å². The summed E-state index contributed by atoms with van der Waals surface area (Å²) in [5.41, 5.74) is 4.77. The van der Waals surface area contributed by atoms with Gasteiger partial charge in [0.25, 0.3) is 0 Å². The van der Waals surface area contributed by atoms with Crippen LogP contribution in [0.1, 0.15) is 11.1 Å². The Morgan fingerprint density at radius 3 is 2.40 bits per heavy atom. The van der Waals surface area contributed by atoms with E-state index >= 15 is 0 Å². The van der Waals surface area contributed by atoms with Gasteiger partial charge in [0, 0.05) is 37.9 Å². The van der Waals surface area contributed by atoms with E-state index in [1.165, 1.54) is 6.20 Å². The van der Waals surface area contributed by atoms with Crippen LogP contribution in [-0.2, 0) is 22.4 Å². The molecule has 212 valence electrons. The van der Waals surface area contributed by atoms with Crippen LogP contribution in [-0.4, -0.2) is 86.1 Å². The van der Waals surface area contributed by atoms with Crippen LogP contribution in [0.25, 0.3) is 0 Å². The number of ether oxygens (including phenoxy) is 3. The van der Waals surface area contributed by atoms with Crippen molar-refractivity contribution >= 4 is 46.4 Å². The van der Waals surface area contributed by atoms with Crippen molar-refractivity contribution in [2.75, 3.05) is 75.7 Å². The fraction of sp³-hybridized carbons (Fsp3) is 0.393. The zero-order valence-electron chi connectivity index (χ0n) is 22.6. The summed E-state index contributed by atoms with van der Waals surface area (Å²) in [5.74, 6) is 1.27. The van der Waals surface area contributed by atoms with Gasteiger partial charge in [-0.25, -0.2) is 4.98 Å². The van der Waals surface area contributed by atoms with Gasteiger partial charge in [-0.1, -0.05) is 11.6 Å². The lowest BCUT2D eigenvalue weighted by Crippen LogP contribution is -2.36. The van der Waals surface area contributed by atoms with E-state index in [2.05, 4.69) is 25.5 Å². The molecule has 3 heterocycles. The molecular formula is C28H33ClN6O5. The second-order valence-corrected chi connectivity index (χ2v) is 10.0. The number of hydrogen-bond acceptors (Lipinski definition) is 10. The number of rotatable bonds is 9. The molecule has 0 unspecified atom stereocenters. The van der Waals surface area contributed by atoms with E-state index in [4.69, 9.17) is 25.8 Å². The van der Waals surface area contributed by atoms with Crippen molar-refractivity contribution < 1.29 is 24.1 Å². The Bertz CT molecular complexity index is 1370.